The molecule has 1 saturated heterocycles. The lowest BCUT2D eigenvalue weighted by Crippen LogP contribution is -2.35. The highest BCUT2D eigenvalue weighted by molar-refractivity contribution is 9.11. The molecular weight excluding hydrogens is 360 g/mol. The van der Waals surface area contributed by atoms with Crippen LogP contribution in [0, 0.1) is 0 Å². The quantitative estimate of drug-likeness (QED) is 0.840. The van der Waals surface area contributed by atoms with Gasteiger partial charge in [0.15, 0.2) is 5.75 Å². The summed E-state index contributed by atoms with van der Waals surface area (Å²) in [6.07, 6.45) is 3.84. The third kappa shape index (κ3) is 3.62. The molecule has 1 aromatic rings. The number of hydrazine groups is 1. The van der Waals surface area contributed by atoms with Gasteiger partial charge in [-0.3, -0.25) is 0 Å². The van der Waals surface area contributed by atoms with Crippen LogP contribution in [0.4, 0.5) is 5.69 Å². The van der Waals surface area contributed by atoms with Crippen LogP contribution in [0.25, 0.3) is 0 Å². The Kier molecular flexibility index (Phi) is 5.33. The average Bonchev–Trinajstić information content (AvgIpc) is 2.35. The van der Waals surface area contributed by atoms with Gasteiger partial charge in [0.1, 0.15) is 0 Å². The van der Waals surface area contributed by atoms with Gasteiger partial charge in [-0.25, -0.2) is 5.01 Å². The fourth-order valence-corrected chi connectivity index (χ4v) is 3.45. The number of hydrogen-bond acceptors (Lipinski definition) is 3. The Bertz CT molecular complexity index is 406. The fourth-order valence-electron chi connectivity index (χ4n) is 2.11. The van der Waals surface area contributed by atoms with Crippen LogP contribution in [0.15, 0.2) is 21.1 Å². The first-order valence-corrected chi connectivity index (χ1v) is 7.92. The van der Waals surface area contributed by atoms with Crippen LogP contribution in [0.5, 0.6) is 5.75 Å². The maximum absolute atomic E-state index is 5.71. The third-order valence-electron chi connectivity index (χ3n) is 2.93. The second kappa shape index (κ2) is 6.78. The molecule has 0 aliphatic carbocycles. The summed E-state index contributed by atoms with van der Waals surface area (Å²) in [5.74, 6) is 0.881. The lowest BCUT2D eigenvalue weighted by atomic mass is 10.2. The number of hydrogen-bond donors (Lipinski definition) is 1. The minimum absolute atomic E-state index is 0.662. The summed E-state index contributed by atoms with van der Waals surface area (Å²) >= 11 is 7.07. The molecule has 2 rings (SSSR count). The van der Waals surface area contributed by atoms with E-state index >= 15 is 0 Å². The monoisotopic (exact) mass is 376 g/mol. The number of halogens is 2. The first-order chi connectivity index (χ1) is 8.70. The van der Waals surface area contributed by atoms with Crippen LogP contribution >= 0.6 is 31.9 Å². The Hall–Kier alpha value is -0.260. The molecule has 0 amide bonds. The van der Waals surface area contributed by atoms with Crippen molar-refractivity contribution in [3.05, 3.63) is 21.1 Å². The second-order valence-corrected chi connectivity index (χ2v) is 6.13. The zero-order valence-corrected chi connectivity index (χ0v) is 13.7. The summed E-state index contributed by atoms with van der Waals surface area (Å²) in [4.78, 5) is 0. The summed E-state index contributed by atoms with van der Waals surface area (Å²) in [5.41, 5.74) is 4.48. The van der Waals surface area contributed by atoms with E-state index < -0.39 is 0 Å². The number of nitrogens with zero attached hydrogens (tertiary/aromatic N) is 1. The second-order valence-electron chi connectivity index (χ2n) is 4.36. The average molecular weight is 378 g/mol. The number of rotatable bonds is 4. The van der Waals surface area contributed by atoms with E-state index in [-0.39, 0.29) is 0 Å². The van der Waals surface area contributed by atoms with Gasteiger partial charge in [-0.1, -0.05) is 22.4 Å². The number of nitrogens with one attached hydrogen (secondary N) is 1. The van der Waals surface area contributed by atoms with Gasteiger partial charge in [0.2, 0.25) is 0 Å². The Labute approximate surface area is 125 Å². The number of piperidine rings is 1. The Morgan fingerprint density at radius 3 is 2.61 bits per heavy atom. The number of anilines is 1. The summed E-state index contributed by atoms with van der Waals surface area (Å²) < 4.78 is 7.72. The maximum atomic E-state index is 5.71. The van der Waals surface area contributed by atoms with Gasteiger partial charge in [-0.05, 0) is 47.8 Å². The van der Waals surface area contributed by atoms with Gasteiger partial charge in [0, 0.05) is 17.6 Å². The van der Waals surface area contributed by atoms with Crippen molar-refractivity contribution in [1.29, 1.82) is 0 Å². The Morgan fingerprint density at radius 2 is 1.94 bits per heavy atom. The molecule has 0 saturated carbocycles. The lowest BCUT2D eigenvalue weighted by molar-refractivity contribution is 0.269. The van der Waals surface area contributed by atoms with Gasteiger partial charge in [-0.15, -0.1) is 0 Å². The zero-order valence-electron chi connectivity index (χ0n) is 10.5. The molecule has 18 heavy (non-hydrogen) atoms. The van der Waals surface area contributed by atoms with E-state index in [2.05, 4.69) is 48.4 Å². The van der Waals surface area contributed by atoms with E-state index in [1.807, 2.05) is 13.0 Å². The van der Waals surface area contributed by atoms with Crippen LogP contribution in [0.1, 0.15) is 26.2 Å². The lowest BCUT2D eigenvalue weighted by Gasteiger charge is -2.29. The Morgan fingerprint density at radius 1 is 1.22 bits per heavy atom. The molecule has 0 spiro atoms. The molecule has 1 aliphatic heterocycles. The highest BCUT2D eigenvalue weighted by Crippen LogP contribution is 2.37. The van der Waals surface area contributed by atoms with Gasteiger partial charge >= 0.3 is 0 Å². The molecule has 0 radical (unpaired) electrons. The SMILES string of the molecule is CCOc1c(Br)cc(Br)cc1NN1CCCCC1. The van der Waals surface area contributed by atoms with Gasteiger partial charge in [0.25, 0.3) is 0 Å². The van der Waals surface area contributed by atoms with Crippen LogP contribution in [-0.4, -0.2) is 24.7 Å². The van der Waals surface area contributed by atoms with Crippen LogP contribution in [0.2, 0.25) is 0 Å². The Balaban J connectivity index is 2.18. The van der Waals surface area contributed by atoms with Crippen LogP contribution < -0.4 is 10.2 Å². The molecule has 1 aromatic carbocycles. The van der Waals surface area contributed by atoms with Crippen LogP contribution in [-0.2, 0) is 0 Å². The summed E-state index contributed by atoms with van der Waals surface area (Å²) in [6, 6.07) is 4.07. The molecular formula is C13H18Br2N2O. The predicted octanol–water partition coefficient (Wildman–Crippen LogP) is 4.42. The summed E-state index contributed by atoms with van der Waals surface area (Å²) in [6.45, 7) is 4.85. The van der Waals surface area contributed by atoms with E-state index in [0.717, 1.165) is 33.5 Å². The van der Waals surface area contributed by atoms with Crippen molar-refractivity contribution < 1.29 is 4.74 Å². The molecule has 5 heteroatoms. The topological polar surface area (TPSA) is 24.5 Å². The van der Waals surface area contributed by atoms with E-state index in [1.165, 1.54) is 19.3 Å². The first kappa shape index (κ1) is 14.2. The van der Waals surface area contributed by atoms with Crippen LogP contribution in [0.3, 0.4) is 0 Å². The van der Waals surface area contributed by atoms with Crippen molar-refractivity contribution in [1.82, 2.24) is 5.01 Å². The summed E-state index contributed by atoms with van der Waals surface area (Å²) in [5, 5.41) is 2.26. The highest BCUT2D eigenvalue weighted by atomic mass is 79.9. The molecule has 1 N–H and O–H groups in total. The molecule has 0 atom stereocenters. The maximum Gasteiger partial charge on any atom is 0.157 e. The first-order valence-electron chi connectivity index (χ1n) is 6.34. The molecule has 3 nitrogen and oxygen atoms in total. The molecule has 0 aromatic heterocycles. The van der Waals surface area contributed by atoms with Gasteiger partial charge < -0.3 is 10.2 Å². The van der Waals surface area contributed by atoms with E-state index in [0.29, 0.717) is 6.61 Å². The molecule has 1 fully saturated rings. The van der Waals surface area contributed by atoms with Crippen molar-refractivity contribution in [2.45, 2.75) is 26.2 Å². The smallest absolute Gasteiger partial charge is 0.157 e. The molecule has 1 aliphatic rings. The predicted molar refractivity (Wildman–Crippen MR) is 82.1 cm³/mol. The molecule has 0 bridgehead atoms. The van der Waals surface area contributed by atoms with E-state index in [9.17, 15) is 0 Å². The number of benzene rings is 1. The third-order valence-corrected chi connectivity index (χ3v) is 3.98. The molecule has 0 unspecified atom stereocenters. The highest BCUT2D eigenvalue weighted by Gasteiger charge is 2.15. The van der Waals surface area contributed by atoms with Crippen molar-refractivity contribution >= 4 is 37.5 Å². The standard InChI is InChI=1S/C13H18Br2N2O/c1-2-18-13-11(15)8-10(14)9-12(13)16-17-6-4-3-5-7-17/h8-9,16H,2-7H2,1H3. The van der Waals surface area contributed by atoms with E-state index in [4.69, 9.17) is 4.74 Å². The summed E-state index contributed by atoms with van der Waals surface area (Å²) in [7, 11) is 0. The van der Waals surface area contributed by atoms with E-state index in [1.54, 1.807) is 0 Å². The fraction of sp³-hybridized carbons (Fsp3) is 0.538. The van der Waals surface area contributed by atoms with Gasteiger partial charge in [-0.2, -0.15) is 0 Å². The molecule has 100 valence electrons. The van der Waals surface area contributed by atoms with Gasteiger partial charge in [0.05, 0.1) is 16.8 Å². The van der Waals surface area contributed by atoms with Crippen molar-refractivity contribution in [2.24, 2.45) is 0 Å². The minimum Gasteiger partial charge on any atom is -0.490 e. The molecule has 1 heterocycles. The van der Waals surface area contributed by atoms with Crippen molar-refractivity contribution in [3.8, 4) is 5.75 Å². The normalized spacial score (nSPS) is 16.6. The zero-order chi connectivity index (χ0) is 13.0. The van der Waals surface area contributed by atoms with Crippen molar-refractivity contribution in [2.75, 3.05) is 25.1 Å². The van der Waals surface area contributed by atoms with Crippen molar-refractivity contribution in [3.63, 3.8) is 0 Å². The largest absolute Gasteiger partial charge is 0.490 e. The minimum atomic E-state index is 0.662. The number of ether oxygens (including phenoxy) is 1.